The van der Waals surface area contributed by atoms with Crippen LogP contribution in [0.1, 0.15) is 11.6 Å². The number of H-pyrrole nitrogens is 1. The molecular formula is C23H26N6O4. The van der Waals surface area contributed by atoms with Crippen LogP contribution in [0.4, 0.5) is 0 Å². The maximum atomic E-state index is 11.9. The third-order valence-electron chi connectivity index (χ3n) is 6.18. The van der Waals surface area contributed by atoms with E-state index in [4.69, 9.17) is 14.7 Å². The van der Waals surface area contributed by atoms with Gasteiger partial charge in [0.2, 0.25) is 5.96 Å². The smallest absolute Gasteiger partial charge is 0.354 e. The number of aromatic amines is 1. The molecule has 1 aromatic heterocycles. The highest BCUT2D eigenvalue weighted by molar-refractivity contribution is 6.42. The van der Waals surface area contributed by atoms with Gasteiger partial charge in [-0.3, -0.25) is 4.99 Å². The van der Waals surface area contributed by atoms with E-state index in [1.807, 2.05) is 42.4 Å². The van der Waals surface area contributed by atoms with Crippen molar-refractivity contribution in [2.45, 2.75) is 12.1 Å². The van der Waals surface area contributed by atoms with Crippen LogP contribution in [0.2, 0.25) is 0 Å². The highest BCUT2D eigenvalue weighted by Gasteiger charge is 2.39. The molecule has 1 saturated heterocycles. The molecule has 1 fully saturated rings. The molecule has 2 atom stereocenters. The second-order valence-electron chi connectivity index (χ2n) is 8.20. The molecule has 33 heavy (non-hydrogen) atoms. The van der Waals surface area contributed by atoms with Gasteiger partial charge in [0, 0.05) is 43.8 Å². The van der Waals surface area contributed by atoms with Gasteiger partial charge in [-0.2, -0.15) is 0 Å². The lowest BCUT2D eigenvalue weighted by Crippen LogP contribution is -2.46. The van der Waals surface area contributed by atoms with E-state index >= 15 is 0 Å². The summed E-state index contributed by atoms with van der Waals surface area (Å²) in [6, 6.07) is 6.92. The molecule has 0 bridgehead atoms. The number of aliphatic hydroxyl groups excluding tert-OH is 1. The molecule has 0 aliphatic carbocycles. The van der Waals surface area contributed by atoms with Crippen molar-refractivity contribution in [3.05, 3.63) is 47.8 Å². The molecule has 3 aliphatic heterocycles. The van der Waals surface area contributed by atoms with Crippen LogP contribution in [0.15, 0.2) is 57.2 Å². The molecule has 2 unspecified atom stereocenters. The molecule has 10 nitrogen and oxygen atoms in total. The van der Waals surface area contributed by atoms with Crippen LogP contribution in [0, 0.1) is 0 Å². The molecule has 3 aliphatic rings. The number of morpholine rings is 1. The molecule has 1 aromatic carbocycles. The lowest BCUT2D eigenvalue weighted by Gasteiger charge is -2.37. The van der Waals surface area contributed by atoms with E-state index < -0.39 is 18.1 Å². The van der Waals surface area contributed by atoms with Gasteiger partial charge in [0.25, 0.3) is 0 Å². The molecule has 3 N–H and O–H groups in total. The minimum Gasteiger partial charge on any atom is -0.477 e. The number of carboxylic acids is 1. The number of aromatic nitrogens is 1. The lowest BCUT2D eigenvalue weighted by atomic mass is 9.89. The fourth-order valence-electron chi connectivity index (χ4n) is 4.49. The number of likely N-dealkylation sites (N-methyl/N-ethyl adjacent to an activating group) is 1. The number of aliphatic carboxylic acids is 1. The third kappa shape index (κ3) is 3.91. The van der Waals surface area contributed by atoms with E-state index in [1.165, 1.54) is 6.08 Å². The largest absolute Gasteiger partial charge is 0.477 e. The standard InChI is InChI=1S/C23H26N6O4/c1-28(7-10-30)18-13-17(22(31)32)25-21-19(15-3-2-4-16-14(15)5-6-24-16)26-23(27-20(18)21)29-8-11-33-12-9-29/h2-6,13,19,21,24,30H,7-12H2,1H3,(H,31,32). The quantitative estimate of drug-likeness (QED) is 0.626. The number of hydrogen-bond donors (Lipinski definition) is 3. The van der Waals surface area contributed by atoms with Crippen LogP contribution in [-0.2, 0) is 9.53 Å². The number of aliphatic imine (C=N–C) groups is 3. The lowest BCUT2D eigenvalue weighted by molar-refractivity contribution is -0.129. The highest BCUT2D eigenvalue weighted by atomic mass is 16.5. The minimum absolute atomic E-state index is 0.0463. The van der Waals surface area contributed by atoms with Gasteiger partial charge in [-0.05, 0) is 23.8 Å². The first-order valence-corrected chi connectivity index (χ1v) is 11.0. The number of guanidine groups is 1. The zero-order valence-electron chi connectivity index (χ0n) is 18.3. The fourth-order valence-corrected chi connectivity index (χ4v) is 4.49. The number of benzene rings is 1. The summed E-state index contributed by atoms with van der Waals surface area (Å²) in [7, 11) is 1.81. The molecule has 0 amide bonds. The first-order valence-electron chi connectivity index (χ1n) is 11.0. The first kappa shape index (κ1) is 21.4. The van der Waals surface area contributed by atoms with Crippen molar-refractivity contribution >= 4 is 34.3 Å². The van der Waals surface area contributed by atoms with Gasteiger partial charge in [0.15, 0.2) is 0 Å². The van der Waals surface area contributed by atoms with Gasteiger partial charge in [0.05, 0.1) is 31.2 Å². The van der Waals surface area contributed by atoms with Gasteiger partial charge in [-0.25, -0.2) is 14.8 Å². The van der Waals surface area contributed by atoms with Crippen molar-refractivity contribution in [2.24, 2.45) is 15.0 Å². The SMILES string of the molecule is CN(CCO)C1=CC(C(=O)O)=NC2C1=NC(N1CCOCC1)=NC2c1cccc2[nH]ccc12. The fraction of sp³-hybridized carbons (Fsp3) is 0.391. The Balaban J connectivity index is 1.67. The van der Waals surface area contributed by atoms with Gasteiger partial charge in [-0.1, -0.05) is 12.1 Å². The predicted octanol–water partition coefficient (Wildman–Crippen LogP) is 1.07. The van der Waals surface area contributed by atoms with Crippen molar-refractivity contribution in [1.29, 1.82) is 0 Å². The summed E-state index contributed by atoms with van der Waals surface area (Å²) >= 11 is 0. The Morgan fingerprint density at radius 1 is 1.24 bits per heavy atom. The second-order valence-corrected chi connectivity index (χ2v) is 8.20. The molecule has 0 saturated carbocycles. The molecule has 0 radical (unpaired) electrons. The number of carbonyl (C=O) groups is 1. The van der Waals surface area contributed by atoms with Crippen LogP contribution in [0.3, 0.4) is 0 Å². The summed E-state index contributed by atoms with van der Waals surface area (Å²) in [6.45, 7) is 2.82. The average molecular weight is 450 g/mol. The van der Waals surface area contributed by atoms with Crippen molar-refractivity contribution in [3.63, 3.8) is 0 Å². The van der Waals surface area contributed by atoms with E-state index in [-0.39, 0.29) is 12.3 Å². The predicted molar refractivity (Wildman–Crippen MR) is 125 cm³/mol. The monoisotopic (exact) mass is 450 g/mol. The summed E-state index contributed by atoms with van der Waals surface area (Å²) < 4.78 is 5.50. The van der Waals surface area contributed by atoms with Gasteiger partial charge in [0.1, 0.15) is 17.8 Å². The molecule has 2 aromatic rings. The van der Waals surface area contributed by atoms with Gasteiger partial charge in [-0.15, -0.1) is 0 Å². The Hall–Kier alpha value is -3.50. The first-order chi connectivity index (χ1) is 16.1. The summed E-state index contributed by atoms with van der Waals surface area (Å²) in [5.74, 6) is -0.509. The van der Waals surface area contributed by atoms with E-state index in [0.29, 0.717) is 50.2 Å². The highest BCUT2D eigenvalue weighted by Crippen LogP contribution is 2.36. The number of fused-ring (bicyclic) bond motifs is 2. The van der Waals surface area contributed by atoms with Crippen molar-refractivity contribution in [3.8, 4) is 0 Å². The maximum Gasteiger partial charge on any atom is 0.354 e. The van der Waals surface area contributed by atoms with E-state index in [1.54, 1.807) is 0 Å². The number of aliphatic hydroxyl groups is 1. The Kier molecular flexibility index (Phi) is 5.69. The van der Waals surface area contributed by atoms with Crippen LogP contribution in [0.25, 0.3) is 10.9 Å². The normalized spacial score (nSPS) is 22.8. The summed E-state index contributed by atoms with van der Waals surface area (Å²) in [5, 5.41) is 20.3. The maximum absolute atomic E-state index is 11.9. The van der Waals surface area contributed by atoms with Gasteiger partial charge < -0.3 is 29.7 Å². The number of carboxylic acid groups (broad SMARTS) is 1. The van der Waals surface area contributed by atoms with Crippen LogP contribution >= 0.6 is 0 Å². The van der Waals surface area contributed by atoms with E-state index in [2.05, 4.69) is 14.9 Å². The number of nitrogens with zero attached hydrogens (tertiary/aromatic N) is 5. The molecule has 5 rings (SSSR count). The average Bonchev–Trinajstić information content (AvgIpc) is 3.32. The zero-order valence-corrected chi connectivity index (χ0v) is 18.3. The summed E-state index contributed by atoms with van der Waals surface area (Å²) in [5.41, 5.74) is 3.18. The Morgan fingerprint density at radius 3 is 2.82 bits per heavy atom. The topological polar surface area (TPSA) is 126 Å². The van der Waals surface area contributed by atoms with E-state index in [9.17, 15) is 15.0 Å². The molecule has 0 spiro atoms. The van der Waals surface area contributed by atoms with Gasteiger partial charge >= 0.3 is 5.97 Å². The van der Waals surface area contributed by atoms with Crippen molar-refractivity contribution < 1.29 is 19.7 Å². The summed E-state index contributed by atoms with van der Waals surface area (Å²) in [4.78, 5) is 33.6. The Morgan fingerprint density at radius 2 is 2.06 bits per heavy atom. The third-order valence-corrected chi connectivity index (χ3v) is 6.18. The molecule has 172 valence electrons. The Bertz CT molecular complexity index is 1190. The van der Waals surface area contributed by atoms with Crippen LogP contribution in [0.5, 0.6) is 0 Å². The molecular weight excluding hydrogens is 424 g/mol. The van der Waals surface area contributed by atoms with Crippen molar-refractivity contribution in [2.75, 3.05) is 46.5 Å². The number of hydrogen-bond acceptors (Lipinski definition) is 8. The van der Waals surface area contributed by atoms with E-state index in [0.717, 1.165) is 16.5 Å². The summed E-state index contributed by atoms with van der Waals surface area (Å²) in [6.07, 6.45) is 3.41. The van der Waals surface area contributed by atoms with Crippen molar-refractivity contribution in [1.82, 2.24) is 14.8 Å². The number of nitrogens with one attached hydrogen (secondary N) is 1. The molecule has 4 heterocycles. The zero-order chi connectivity index (χ0) is 22.9. The number of dihydropyridines is 1. The van der Waals surface area contributed by atoms with Crippen LogP contribution in [-0.4, -0.2) is 101 Å². The molecule has 10 heteroatoms. The van der Waals surface area contributed by atoms with Crippen LogP contribution < -0.4 is 0 Å². The second kappa shape index (κ2) is 8.80. The minimum atomic E-state index is -1.11. The number of rotatable bonds is 5. The number of ether oxygens (including phenoxy) is 1. The Labute approximate surface area is 190 Å².